The number of nitriles is 1. The number of nitrogens with one attached hydrogen (secondary N) is 1. The standard InChI is InChI=1S/C23H22N4O3/c1-29-19-7-3-6-18(11-19)20-8-9-23(28)27(26-20)22-15-30-14-21(22)25-13-17-5-2-4-16(10-17)12-24/h2-11,21-22,25H,13-15H2,1H3. The van der Waals surface area contributed by atoms with Crippen LogP contribution in [0.3, 0.4) is 0 Å². The molecular weight excluding hydrogens is 380 g/mol. The average Bonchev–Trinajstić information content (AvgIpc) is 3.26. The van der Waals surface area contributed by atoms with Crippen LogP contribution in [0.4, 0.5) is 0 Å². The second-order valence-corrected chi connectivity index (χ2v) is 7.14. The second kappa shape index (κ2) is 8.91. The molecule has 2 atom stereocenters. The van der Waals surface area contributed by atoms with E-state index in [2.05, 4.69) is 16.5 Å². The van der Waals surface area contributed by atoms with Crippen LogP contribution in [0.2, 0.25) is 0 Å². The molecule has 7 heteroatoms. The summed E-state index contributed by atoms with van der Waals surface area (Å²) in [4.78, 5) is 12.6. The van der Waals surface area contributed by atoms with E-state index in [1.165, 1.54) is 10.7 Å². The summed E-state index contributed by atoms with van der Waals surface area (Å²) in [6.07, 6.45) is 0. The number of methoxy groups -OCH3 is 1. The summed E-state index contributed by atoms with van der Waals surface area (Å²) in [6, 6.07) is 20.2. The van der Waals surface area contributed by atoms with Gasteiger partial charge in [-0.3, -0.25) is 4.79 Å². The molecule has 30 heavy (non-hydrogen) atoms. The van der Waals surface area contributed by atoms with E-state index >= 15 is 0 Å². The molecule has 1 saturated heterocycles. The van der Waals surface area contributed by atoms with Gasteiger partial charge in [-0.1, -0.05) is 24.3 Å². The van der Waals surface area contributed by atoms with Gasteiger partial charge in [-0.05, 0) is 35.9 Å². The van der Waals surface area contributed by atoms with Crippen molar-refractivity contribution in [3.05, 3.63) is 82.1 Å². The minimum absolute atomic E-state index is 0.0681. The Hall–Kier alpha value is -3.47. The van der Waals surface area contributed by atoms with Crippen molar-refractivity contribution in [2.75, 3.05) is 20.3 Å². The van der Waals surface area contributed by atoms with Crippen LogP contribution < -0.4 is 15.6 Å². The molecule has 0 aliphatic carbocycles. The largest absolute Gasteiger partial charge is 0.497 e. The van der Waals surface area contributed by atoms with Crippen LogP contribution in [0.25, 0.3) is 11.3 Å². The van der Waals surface area contributed by atoms with Gasteiger partial charge in [-0.25, -0.2) is 4.68 Å². The monoisotopic (exact) mass is 402 g/mol. The Morgan fingerprint density at radius 2 is 2.07 bits per heavy atom. The van der Waals surface area contributed by atoms with Crippen molar-refractivity contribution in [3.63, 3.8) is 0 Å². The lowest BCUT2D eigenvalue weighted by atomic mass is 10.1. The van der Waals surface area contributed by atoms with E-state index in [1.54, 1.807) is 19.2 Å². The van der Waals surface area contributed by atoms with Gasteiger partial charge in [0.2, 0.25) is 0 Å². The topological polar surface area (TPSA) is 89.2 Å². The molecule has 1 aliphatic heterocycles. The van der Waals surface area contributed by atoms with Crippen LogP contribution in [0.15, 0.2) is 65.5 Å². The number of nitrogens with zero attached hydrogens (tertiary/aromatic N) is 3. The van der Waals surface area contributed by atoms with Crippen LogP contribution in [-0.2, 0) is 11.3 Å². The van der Waals surface area contributed by atoms with Gasteiger partial charge in [0.05, 0.1) is 49.7 Å². The lowest BCUT2D eigenvalue weighted by Gasteiger charge is -2.21. The lowest BCUT2D eigenvalue weighted by Crippen LogP contribution is -2.41. The van der Waals surface area contributed by atoms with Crippen molar-refractivity contribution in [3.8, 4) is 23.1 Å². The highest BCUT2D eigenvalue weighted by Gasteiger charge is 2.31. The maximum Gasteiger partial charge on any atom is 0.267 e. The summed E-state index contributed by atoms with van der Waals surface area (Å²) in [6.45, 7) is 1.47. The predicted octanol–water partition coefficient (Wildman–Crippen LogP) is 2.52. The Labute approximate surface area is 174 Å². The molecule has 0 bridgehead atoms. The molecule has 3 aromatic rings. The van der Waals surface area contributed by atoms with E-state index in [0.717, 1.165) is 16.9 Å². The Morgan fingerprint density at radius 1 is 1.20 bits per heavy atom. The van der Waals surface area contributed by atoms with E-state index < -0.39 is 0 Å². The lowest BCUT2D eigenvalue weighted by molar-refractivity contribution is 0.181. The third-order valence-corrected chi connectivity index (χ3v) is 5.18. The zero-order chi connectivity index (χ0) is 20.9. The quantitative estimate of drug-likeness (QED) is 0.682. The molecule has 7 nitrogen and oxygen atoms in total. The molecular formula is C23H22N4O3. The van der Waals surface area contributed by atoms with Crippen LogP contribution in [0, 0.1) is 11.3 Å². The first-order valence-corrected chi connectivity index (χ1v) is 9.72. The summed E-state index contributed by atoms with van der Waals surface area (Å²) in [7, 11) is 1.62. The van der Waals surface area contributed by atoms with Gasteiger partial charge in [0, 0.05) is 18.2 Å². The van der Waals surface area contributed by atoms with Crippen molar-refractivity contribution in [2.24, 2.45) is 0 Å². The highest BCUT2D eigenvalue weighted by molar-refractivity contribution is 5.60. The minimum Gasteiger partial charge on any atom is -0.497 e. The summed E-state index contributed by atoms with van der Waals surface area (Å²) >= 11 is 0. The molecule has 1 N–H and O–H groups in total. The molecule has 1 fully saturated rings. The molecule has 2 unspecified atom stereocenters. The van der Waals surface area contributed by atoms with E-state index in [0.29, 0.717) is 31.0 Å². The fourth-order valence-corrected chi connectivity index (χ4v) is 3.58. The van der Waals surface area contributed by atoms with Crippen LogP contribution in [0.1, 0.15) is 17.2 Å². The molecule has 2 heterocycles. The molecule has 2 aromatic carbocycles. The molecule has 4 rings (SSSR count). The third-order valence-electron chi connectivity index (χ3n) is 5.18. The Morgan fingerprint density at radius 3 is 2.90 bits per heavy atom. The van der Waals surface area contributed by atoms with Gasteiger partial charge in [-0.2, -0.15) is 10.4 Å². The number of aromatic nitrogens is 2. The second-order valence-electron chi connectivity index (χ2n) is 7.14. The van der Waals surface area contributed by atoms with Gasteiger partial charge in [0.15, 0.2) is 0 Å². The number of hydrogen-bond donors (Lipinski definition) is 1. The van der Waals surface area contributed by atoms with Crippen molar-refractivity contribution < 1.29 is 9.47 Å². The van der Waals surface area contributed by atoms with Crippen LogP contribution >= 0.6 is 0 Å². The van der Waals surface area contributed by atoms with E-state index in [9.17, 15) is 4.79 Å². The predicted molar refractivity (Wildman–Crippen MR) is 112 cm³/mol. The molecule has 152 valence electrons. The fraction of sp³-hybridized carbons (Fsp3) is 0.261. The Bertz CT molecular complexity index is 1140. The smallest absolute Gasteiger partial charge is 0.267 e. The average molecular weight is 402 g/mol. The van der Waals surface area contributed by atoms with E-state index in [1.807, 2.05) is 42.5 Å². The van der Waals surface area contributed by atoms with Crippen LogP contribution in [0.5, 0.6) is 5.75 Å². The molecule has 0 spiro atoms. The molecule has 1 aliphatic rings. The number of ether oxygens (including phenoxy) is 2. The molecule has 1 aromatic heterocycles. The van der Waals surface area contributed by atoms with Gasteiger partial charge in [-0.15, -0.1) is 0 Å². The van der Waals surface area contributed by atoms with Crippen LogP contribution in [-0.4, -0.2) is 36.1 Å². The van der Waals surface area contributed by atoms with Gasteiger partial charge >= 0.3 is 0 Å². The highest BCUT2D eigenvalue weighted by Crippen LogP contribution is 2.23. The van der Waals surface area contributed by atoms with E-state index in [-0.39, 0.29) is 17.6 Å². The number of benzene rings is 2. The molecule has 0 radical (unpaired) electrons. The summed E-state index contributed by atoms with van der Waals surface area (Å²) < 4.78 is 12.5. The maximum atomic E-state index is 12.6. The van der Waals surface area contributed by atoms with Crippen molar-refractivity contribution in [2.45, 2.75) is 18.6 Å². The first-order chi connectivity index (χ1) is 14.7. The minimum atomic E-state index is -0.220. The zero-order valence-corrected chi connectivity index (χ0v) is 16.6. The first-order valence-electron chi connectivity index (χ1n) is 9.72. The third kappa shape index (κ3) is 4.25. The number of rotatable bonds is 6. The zero-order valence-electron chi connectivity index (χ0n) is 16.6. The van der Waals surface area contributed by atoms with Gasteiger partial charge in [0.1, 0.15) is 5.75 Å². The summed E-state index contributed by atoms with van der Waals surface area (Å²) in [5.74, 6) is 0.732. The van der Waals surface area contributed by atoms with Crippen molar-refractivity contribution in [1.29, 1.82) is 5.26 Å². The van der Waals surface area contributed by atoms with Crippen molar-refractivity contribution in [1.82, 2.24) is 15.1 Å². The Balaban J connectivity index is 1.56. The van der Waals surface area contributed by atoms with Crippen molar-refractivity contribution >= 4 is 0 Å². The fourth-order valence-electron chi connectivity index (χ4n) is 3.58. The molecule has 0 saturated carbocycles. The maximum absolute atomic E-state index is 12.6. The SMILES string of the molecule is COc1cccc(-c2ccc(=O)n(C3COCC3NCc3cccc(C#N)c3)n2)c1. The first kappa shape index (κ1) is 19.8. The normalized spacial score (nSPS) is 18.1. The summed E-state index contributed by atoms with van der Waals surface area (Å²) in [5, 5.41) is 17.1. The number of hydrogen-bond acceptors (Lipinski definition) is 6. The molecule has 0 amide bonds. The Kier molecular flexibility index (Phi) is 5.89. The highest BCUT2D eigenvalue weighted by atomic mass is 16.5. The summed E-state index contributed by atoms with van der Waals surface area (Å²) in [5.41, 5.74) is 3.03. The van der Waals surface area contributed by atoms with E-state index in [4.69, 9.17) is 14.7 Å². The van der Waals surface area contributed by atoms with Gasteiger partial charge in [0.25, 0.3) is 5.56 Å². The van der Waals surface area contributed by atoms with Gasteiger partial charge < -0.3 is 14.8 Å².